The molecule has 0 atom stereocenters. The first-order valence-corrected chi connectivity index (χ1v) is 7.89. The Morgan fingerprint density at radius 2 is 2.00 bits per heavy atom. The minimum absolute atomic E-state index is 0.292. The number of hydrogen-bond donors (Lipinski definition) is 0. The van der Waals surface area contributed by atoms with E-state index < -0.39 is 0 Å². The molecule has 1 aromatic carbocycles. The van der Waals surface area contributed by atoms with Gasteiger partial charge in [0, 0.05) is 5.38 Å². The van der Waals surface area contributed by atoms with Crippen LogP contribution < -0.4 is 0 Å². The van der Waals surface area contributed by atoms with Crippen LogP contribution in [-0.2, 0) is 0 Å². The first-order chi connectivity index (χ1) is 10.3. The molecule has 3 aromatic rings. The van der Waals surface area contributed by atoms with E-state index in [9.17, 15) is 9.65 Å². The number of thiophene rings is 1. The lowest BCUT2D eigenvalue weighted by Gasteiger charge is -1.95. The van der Waals surface area contributed by atoms with Crippen molar-refractivity contribution in [2.75, 3.05) is 0 Å². The maximum Gasteiger partial charge on any atom is 0.134 e. The summed E-state index contributed by atoms with van der Waals surface area (Å²) in [5, 5.41) is 13.9. The zero-order valence-corrected chi connectivity index (χ0v) is 12.4. The standard InChI is InChI=1S/C16H9FN2S2/c17-13-5-3-11(4-6-13)8-12(9-18)16-19-14(10-21-16)15-2-1-7-20-15/h1-8,10H/b12-8-. The molecule has 3 rings (SSSR count). The van der Waals surface area contributed by atoms with Crippen molar-refractivity contribution >= 4 is 34.3 Å². The fourth-order valence-electron chi connectivity index (χ4n) is 1.80. The Bertz CT molecular complexity index is 809. The molecule has 21 heavy (non-hydrogen) atoms. The molecule has 0 aliphatic carbocycles. The van der Waals surface area contributed by atoms with Gasteiger partial charge in [-0.25, -0.2) is 9.37 Å². The van der Waals surface area contributed by atoms with Gasteiger partial charge in [-0.05, 0) is 35.2 Å². The Kier molecular flexibility index (Phi) is 3.91. The molecule has 0 radical (unpaired) electrons. The van der Waals surface area contributed by atoms with Gasteiger partial charge in [-0.3, -0.25) is 0 Å². The predicted molar refractivity (Wildman–Crippen MR) is 85.3 cm³/mol. The Hall–Kier alpha value is -2.29. The summed E-state index contributed by atoms with van der Waals surface area (Å²) in [4.78, 5) is 5.58. The van der Waals surface area contributed by atoms with Gasteiger partial charge in [-0.1, -0.05) is 18.2 Å². The molecule has 2 heterocycles. The van der Waals surface area contributed by atoms with Crippen LogP contribution in [0.4, 0.5) is 4.39 Å². The summed E-state index contributed by atoms with van der Waals surface area (Å²) in [6, 6.07) is 12.2. The van der Waals surface area contributed by atoms with E-state index in [1.165, 1.54) is 23.5 Å². The van der Waals surface area contributed by atoms with Gasteiger partial charge in [0.15, 0.2) is 0 Å². The number of benzene rings is 1. The molecule has 0 unspecified atom stereocenters. The summed E-state index contributed by atoms with van der Waals surface area (Å²) in [6.45, 7) is 0. The predicted octanol–water partition coefficient (Wildman–Crippen LogP) is 5.07. The molecule has 2 aromatic heterocycles. The number of thiazole rings is 1. The topological polar surface area (TPSA) is 36.7 Å². The summed E-state index contributed by atoms with van der Waals surface area (Å²) in [5.74, 6) is -0.292. The van der Waals surface area contributed by atoms with Gasteiger partial charge in [0.2, 0.25) is 0 Å². The normalized spacial score (nSPS) is 11.3. The van der Waals surface area contributed by atoms with Crippen LogP contribution in [0.5, 0.6) is 0 Å². The molecule has 0 saturated carbocycles. The highest BCUT2D eigenvalue weighted by Crippen LogP contribution is 2.29. The second kappa shape index (κ2) is 6.00. The highest BCUT2D eigenvalue weighted by molar-refractivity contribution is 7.14. The van der Waals surface area contributed by atoms with E-state index in [4.69, 9.17) is 0 Å². The first-order valence-electron chi connectivity index (χ1n) is 6.13. The van der Waals surface area contributed by atoms with Crippen molar-refractivity contribution in [3.05, 3.63) is 63.5 Å². The quantitative estimate of drug-likeness (QED) is 0.633. The van der Waals surface area contributed by atoms with Gasteiger partial charge in [0.25, 0.3) is 0 Å². The van der Waals surface area contributed by atoms with E-state index >= 15 is 0 Å². The molecule has 0 aliphatic heterocycles. The van der Waals surface area contributed by atoms with Crippen LogP contribution >= 0.6 is 22.7 Å². The zero-order valence-electron chi connectivity index (χ0n) is 10.8. The fourth-order valence-corrected chi connectivity index (χ4v) is 3.35. The summed E-state index contributed by atoms with van der Waals surface area (Å²) >= 11 is 3.05. The second-order valence-electron chi connectivity index (χ2n) is 4.24. The molecule has 5 heteroatoms. The fraction of sp³-hybridized carbons (Fsp3) is 0. The summed E-state index contributed by atoms with van der Waals surface area (Å²) in [6.07, 6.45) is 1.72. The average Bonchev–Trinajstić information content (AvgIpc) is 3.17. The van der Waals surface area contributed by atoms with E-state index in [0.717, 1.165) is 16.1 Å². The molecule has 2 nitrogen and oxygen atoms in total. The van der Waals surface area contributed by atoms with E-state index in [1.54, 1.807) is 29.5 Å². The van der Waals surface area contributed by atoms with E-state index in [-0.39, 0.29) is 5.82 Å². The molecule has 0 saturated heterocycles. The monoisotopic (exact) mass is 312 g/mol. The number of rotatable bonds is 3. The lowest BCUT2D eigenvalue weighted by Crippen LogP contribution is -1.82. The van der Waals surface area contributed by atoms with Gasteiger partial charge in [0.05, 0.1) is 16.1 Å². The zero-order chi connectivity index (χ0) is 14.7. The highest BCUT2D eigenvalue weighted by atomic mass is 32.1. The number of allylic oxidation sites excluding steroid dienone is 1. The van der Waals surface area contributed by atoms with Gasteiger partial charge in [0.1, 0.15) is 16.9 Å². The largest absolute Gasteiger partial charge is 0.234 e. The van der Waals surface area contributed by atoms with Crippen molar-refractivity contribution in [1.29, 1.82) is 5.26 Å². The third-order valence-corrected chi connectivity index (χ3v) is 4.58. The van der Waals surface area contributed by atoms with Crippen LogP contribution in [0.2, 0.25) is 0 Å². The Balaban J connectivity index is 1.94. The van der Waals surface area contributed by atoms with Crippen molar-refractivity contribution in [2.45, 2.75) is 0 Å². The smallest absolute Gasteiger partial charge is 0.134 e. The summed E-state index contributed by atoms with van der Waals surface area (Å²) in [7, 11) is 0. The number of aromatic nitrogens is 1. The number of nitriles is 1. The molecular formula is C16H9FN2S2. The maximum atomic E-state index is 12.9. The lowest BCUT2D eigenvalue weighted by molar-refractivity contribution is 0.628. The van der Waals surface area contributed by atoms with Crippen LogP contribution in [0.3, 0.4) is 0 Å². The molecule has 0 amide bonds. The van der Waals surface area contributed by atoms with Crippen molar-refractivity contribution in [3.63, 3.8) is 0 Å². The number of hydrogen-bond acceptors (Lipinski definition) is 4. The molecule has 0 fully saturated rings. The average molecular weight is 312 g/mol. The second-order valence-corrected chi connectivity index (χ2v) is 6.04. The highest BCUT2D eigenvalue weighted by Gasteiger charge is 2.09. The molecule has 0 bridgehead atoms. The van der Waals surface area contributed by atoms with Gasteiger partial charge in [-0.2, -0.15) is 5.26 Å². The third-order valence-electron chi connectivity index (χ3n) is 2.81. The van der Waals surface area contributed by atoms with Crippen molar-refractivity contribution in [3.8, 4) is 16.6 Å². The minimum atomic E-state index is -0.292. The number of nitrogens with zero attached hydrogens (tertiary/aromatic N) is 2. The molecule has 0 N–H and O–H groups in total. The molecule has 0 aliphatic rings. The summed E-state index contributed by atoms with van der Waals surface area (Å²) < 4.78 is 12.9. The Morgan fingerprint density at radius 1 is 1.19 bits per heavy atom. The molecule has 102 valence electrons. The summed E-state index contributed by atoms with van der Waals surface area (Å²) in [5.41, 5.74) is 2.14. The van der Waals surface area contributed by atoms with Crippen LogP contribution in [0.25, 0.3) is 22.2 Å². The Morgan fingerprint density at radius 3 is 2.67 bits per heavy atom. The maximum absolute atomic E-state index is 12.9. The van der Waals surface area contributed by atoms with Gasteiger partial charge < -0.3 is 0 Å². The van der Waals surface area contributed by atoms with E-state index in [1.807, 2.05) is 22.9 Å². The van der Waals surface area contributed by atoms with E-state index in [0.29, 0.717) is 10.6 Å². The lowest BCUT2D eigenvalue weighted by atomic mass is 10.1. The van der Waals surface area contributed by atoms with Crippen molar-refractivity contribution < 1.29 is 4.39 Å². The SMILES string of the molecule is N#C/C(=C/c1ccc(F)cc1)c1nc(-c2cccs2)cs1. The molecule has 0 spiro atoms. The van der Waals surface area contributed by atoms with Crippen LogP contribution in [-0.4, -0.2) is 4.98 Å². The van der Waals surface area contributed by atoms with Crippen molar-refractivity contribution in [1.82, 2.24) is 4.98 Å². The van der Waals surface area contributed by atoms with Gasteiger partial charge >= 0.3 is 0 Å². The first kappa shape index (κ1) is 13.7. The van der Waals surface area contributed by atoms with E-state index in [2.05, 4.69) is 11.1 Å². The minimum Gasteiger partial charge on any atom is -0.234 e. The van der Waals surface area contributed by atoms with Gasteiger partial charge in [-0.15, -0.1) is 22.7 Å². The van der Waals surface area contributed by atoms with Crippen LogP contribution in [0.15, 0.2) is 47.2 Å². The van der Waals surface area contributed by atoms with Crippen LogP contribution in [0.1, 0.15) is 10.6 Å². The molecular weight excluding hydrogens is 303 g/mol. The van der Waals surface area contributed by atoms with Crippen molar-refractivity contribution in [2.24, 2.45) is 0 Å². The Labute approximate surface area is 129 Å². The third kappa shape index (κ3) is 3.07. The number of halogens is 1. The van der Waals surface area contributed by atoms with Crippen LogP contribution in [0, 0.1) is 17.1 Å².